The van der Waals surface area contributed by atoms with Crippen molar-refractivity contribution < 1.29 is 4.74 Å². The van der Waals surface area contributed by atoms with E-state index in [4.69, 9.17) is 22.1 Å². The molecular weight excluding hydrogens is 451 g/mol. The van der Waals surface area contributed by atoms with Gasteiger partial charge >= 0.3 is 0 Å². The van der Waals surface area contributed by atoms with E-state index in [2.05, 4.69) is 22.3 Å². The van der Waals surface area contributed by atoms with E-state index in [-0.39, 0.29) is 24.0 Å². The van der Waals surface area contributed by atoms with E-state index >= 15 is 0 Å². The van der Waals surface area contributed by atoms with Crippen LogP contribution in [0.5, 0.6) is 5.75 Å². The quantitative estimate of drug-likeness (QED) is 0.264. The van der Waals surface area contributed by atoms with Crippen molar-refractivity contribution in [1.29, 1.82) is 0 Å². The Hall–Kier alpha value is -0.730. The highest BCUT2D eigenvalue weighted by molar-refractivity contribution is 14.0. The number of nitrogens with one attached hydrogen (secondary N) is 1. The monoisotopic (exact) mass is 480 g/mol. The van der Waals surface area contributed by atoms with Crippen LogP contribution < -0.4 is 15.8 Å². The summed E-state index contributed by atoms with van der Waals surface area (Å²) < 4.78 is 5.13. The normalized spacial score (nSPS) is 15.8. The predicted molar refractivity (Wildman–Crippen MR) is 118 cm³/mol. The first-order valence-corrected chi connectivity index (χ1v) is 9.08. The molecule has 1 aromatic carbocycles. The van der Waals surface area contributed by atoms with E-state index in [0.29, 0.717) is 16.7 Å². The highest BCUT2D eigenvalue weighted by Gasteiger charge is 2.17. The predicted octanol–water partition coefficient (Wildman–Crippen LogP) is 4.35. The Morgan fingerprint density at radius 1 is 1.36 bits per heavy atom. The summed E-state index contributed by atoms with van der Waals surface area (Å²) in [6, 6.07) is 6.19. The molecule has 1 fully saturated rings. The number of rotatable bonds is 7. The fraction of sp³-hybridized carbons (Fsp3) is 0.611. The van der Waals surface area contributed by atoms with Crippen molar-refractivity contribution in [3.8, 4) is 5.75 Å². The number of ether oxygens (including phenoxy) is 1. The van der Waals surface area contributed by atoms with Crippen molar-refractivity contribution in [2.75, 3.05) is 32.6 Å². The van der Waals surface area contributed by atoms with Crippen molar-refractivity contribution >= 4 is 47.2 Å². The molecule has 1 saturated carbocycles. The largest absolute Gasteiger partial charge is 0.495 e. The maximum atomic E-state index is 6.10. The van der Waals surface area contributed by atoms with Crippen LogP contribution in [0.2, 0.25) is 5.02 Å². The van der Waals surface area contributed by atoms with Crippen molar-refractivity contribution in [3.05, 3.63) is 23.2 Å². The van der Waals surface area contributed by atoms with Crippen LogP contribution in [0.25, 0.3) is 0 Å². The fourth-order valence-electron chi connectivity index (χ4n) is 3.16. The van der Waals surface area contributed by atoms with E-state index in [1.165, 1.54) is 32.1 Å². The summed E-state index contributed by atoms with van der Waals surface area (Å²) in [5.74, 6) is 1.06. The highest BCUT2D eigenvalue weighted by Crippen LogP contribution is 2.27. The minimum atomic E-state index is 0. The zero-order valence-electron chi connectivity index (χ0n) is 15.1. The summed E-state index contributed by atoms with van der Waals surface area (Å²) in [5, 5.41) is 3.61. The molecule has 5 nitrogen and oxygen atoms in total. The van der Waals surface area contributed by atoms with Crippen LogP contribution in [0.1, 0.15) is 38.5 Å². The summed E-state index contributed by atoms with van der Waals surface area (Å²) in [6.45, 7) is 1.79. The molecule has 7 heteroatoms. The number of hydrogen-bond acceptors (Lipinski definition) is 3. The van der Waals surface area contributed by atoms with Crippen molar-refractivity contribution in [2.45, 2.75) is 44.6 Å². The molecule has 0 atom stereocenters. The molecule has 0 heterocycles. The number of halogens is 2. The second kappa shape index (κ2) is 11.8. The summed E-state index contributed by atoms with van der Waals surface area (Å²) in [5.41, 5.74) is 6.74. The summed E-state index contributed by atoms with van der Waals surface area (Å²) in [7, 11) is 3.81. The molecule has 0 saturated heterocycles. The Morgan fingerprint density at radius 2 is 2.08 bits per heavy atom. The Bertz CT molecular complexity index is 550. The Kier molecular flexibility index (Phi) is 10.5. The molecule has 0 unspecified atom stereocenters. The van der Waals surface area contributed by atoms with Crippen molar-refractivity contribution in [2.24, 2.45) is 10.7 Å². The topological polar surface area (TPSA) is 62.9 Å². The molecule has 0 bridgehead atoms. The smallest absolute Gasteiger partial charge is 0.193 e. The zero-order chi connectivity index (χ0) is 17.4. The van der Waals surface area contributed by atoms with Gasteiger partial charge < -0.3 is 20.7 Å². The third-order valence-electron chi connectivity index (χ3n) is 4.57. The number of aliphatic imine (C=N–C) groups is 1. The van der Waals surface area contributed by atoms with Gasteiger partial charge in [0.25, 0.3) is 0 Å². The average molecular weight is 481 g/mol. The summed E-state index contributed by atoms with van der Waals surface area (Å²) >= 11 is 6.10. The van der Waals surface area contributed by atoms with Gasteiger partial charge in [-0.25, -0.2) is 0 Å². The molecule has 142 valence electrons. The molecule has 0 aliphatic heterocycles. The van der Waals surface area contributed by atoms with Crippen LogP contribution in [-0.2, 0) is 0 Å². The average Bonchev–Trinajstić information content (AvgIpc) is 2.59. The van der Waals surface area contributed by atoms with E-state index in [1.54, 1.807) is 19.2 Å². The van der Waals surface area contributed by atoms with Crippen LogP contribution in [-0.4, -0.2) is 44.1 Å². The van der Waals surface area contributed by atoms with E-state index in [1.807, 2.05) is 6.07 Å². The number of nitrogens with two attached hydrogens (primary N) is 1. The molecule has 1 aliphatic carbocycles. The first-order chi connectivity index (χ1) is 11.6. The van der Waals surface area contributed by atoms with Gasteiger partial charge in [-0.3, -0.25) is 4.99 Å². The molecular formula is C18H30ClIN4O. The number of anilines is 1. The molecule has 0 aromatic heterocycles. The van der Waals surface area contributed by atoms with Crippen LogP contribution in [0.15, 0.2) is 23.2 Å². The molecule has 0 spiro atoms. The van der Waals surface area contributed by atoms with Crippen LogP contribution in [0, 0.1) is 0 Å². The van der Waals surface area contributed by atoms with Crippen LogP contribution >= 0.6 is 35.6 Å². The standard InChI is InChI=1S/C18H29ClN4O.HI/c1-23(15-7-4-3-5-8-15)12-6-11-21-18(20)22-14-9-10-17(24-2)16(19)13-14;/h9-10,13,15H,3-8,11-12H2,1-2H3,(H3,20,21,22);1H. The maximum absolute atomic E-state index is 6.10. The first-order valence-electron chi connectivity index (χ1n) is 8.71. The third kappa shape index (κ3) is 7.58. The van der Waals surface area contributed by atoms with Crippen molar-refractivity contribution in [1.82, 2.24) is 4.90 Å². The molecule has 2 rings (SSSR count). The fourth-order valence-corrected chi connectivity index (χ4v) is 3.41. The number of methoxy groups -OCH3 is 1. The van der Waals surface area contributed by atoms with Gasteiger partial charge in [-0.1, -0.05) is 30.9 Å². The Morgan fingerprint density at radius 3 is 2.72 bits per heavy atom. The Labute approximate surface area is 173 Å². The number of hydrogen-bond donors (Lipinski definition) is 2. The van der Waals surface area contributed by atoms with Crippen LogP contribution in [0.3, 0.4) is 0 Å². The van der Waals surface area contributed by atoms with Gasteiger partial charge in [0.05, 0.1) is 12.1 Å². The third-order valence-corrected chi connectivity index (χ3v) is 4.87. The van der Waals surface area contributed by atoms with Gasteiger partial charge in [0.2, 0.25) is 0 Å². The van der Waals surface area contributed by atoms with E-state index in [9.17, 15) is 0 Å². The molecule has 0 radical (unpaired) electrons. The highest BCUT2D eigenvalue weighted by atomic mass is 127. The van der Waals surface area contributed by atoms with Gasteiger partial charge in [-0.15, -0.1) is 24.0 Å². The van der Waals surface area contributed by atoms with Gasteiger partial charge in [-0.2, -0.15) is 0 Å². The maximum Gasteiger partial charge on any atom is 0.193 e. The van der Waals surface area contributed by atoms with Gasteiger partial charge in [-0.05, 0) is 51.1 Å². The van der Waals surface area contributed by atoms with Gasteiger partial charge in [0.1, 0.15) is 5.75 Å². The van der Waals surface area contributed by atoms with Crippen LogP contribution in [0.4, 0.5) is 5.69 Å². The number of guanidine groups is 1. The lowest BCUT2D eigenvalue weighted by molar-refractivity contribution is 0.191. The van der Waals surface area contributed by atoms with Crippen molar-refractivity contribution in [3.63, 3.8) is 0 Å². The number of nitrogens with zero attached hydrogens (tertiary/aromatic N) is 2. The minimum Gasteiger partial charge on any atom is -0.495 e. The molecule has 1 aliphatic rings. The molecule has 25 heavy (non-hydrogen) atoms. The molecule has 0 amide bonds. The number of benzene rings is 1. The minimum absolute atomic E-state index is 0. The SMILES string of the molecule is COc1ccc(NC(N)=NCCCN(C)C2CCCCC2)cc1Cl.I. The lowest BCUT2D eigenvalue weighted by atomic mass is 9.94. The second-order valence-corrected chi connectivity index (χ2v) is 6.77. The lowest BCUT2D eigenvalue weighted by Gasteiger charge is -2.30. The van der Waals surface area contributed by atoms with Gasteiger partial charge in [0.15, 0.2) is 5.96 Å². The molecule has 3 N–H and O–H groups in total. The summed E-state index contributed by atoms with van der Waals surface area (Å²) in [6.07, 6.45) is 7.82. The van der Waals surface area contributed by atoms with E-state index in [0.717, 1.165) is 31.2 Å². The Balaban J connectivity index is 0.00000312. The first kappa shape index (κ1) is 22.3. The second-order valence-electron chi connectivity index (χ2n) is 6.37. The zero-order valence-corrected chi connectivity index (χ0v) is 18.2. The molecule has 1 aromatic rings. The summed E-state index contributed by atoms with van der Waals surface area (Å²) in [4.78, 5) is 6.86. The lowest BCUT2D eigenvalue weighted by Crippen LogP contribution is -2.34. The van der Waals surface area contributed by atoms with E-state index < -0.39 is 0 Å². The van der Waals surface area contributed by atoms with Gasteiger partial charge in [0, 0.05) is 18.3 Å².